The molecule has 1 atom stereocenters. The van der Waals surface area contributed by atoms with Gasteiger partial charge in [-0.3, -0.25) is 9.59 Å². The Kier molecular flexibility index (Phi) is 7.82. The number of carbonyl (C=O) groups is 2. The minimum atomic E-state index is -1.24. The molecular weight excluding hydrogens is 218 g/mol. The molecule has 0 aliphatic heterocycles. The monoisotopic (exact) mass is 235 g/mol. The van der Waals surface area contributed by atoms with Crippen molar-refractivity contribution in [3.63, 3.8) is 0 Å². The highest BCUT2D eigenvalue weighted by molar-refractivity contribution is 7.98. The lowest BCUT2D eigenvalue weighted by atomic mass is 10.1. The summed E-state index contributed by atoms with van der Waals surface area (Å²) in [6.45, 7) is 1.40. The van der Waals surface area contributed by atoms with Crippen LogP contribution >= 0.6 is 11.8 Å². The van der Waals surface area contributed by atoms with Crippen molar-refractivity contribution in [1.82, 2.24) is 5.32 Å². The van der Waals surface area contributed by atoms with Gasteiger partial charge < -0.3 is 10.1 Å². The average Bonchev–Trinajstić information content (AvgIpc) is 2.12. The van der Waals surface area contributed by atoms with Crippen LogP contribution in [-0.4, -0.2) is 44.3 Å². The lowest BCUT2D eigenvalue weighted by molar-refractivity contribution is -0.125. The maximum absolute atomic E-state index is 11.4. The van der Waals surface area contributed by atoms with Crippen molar-refractivity contribution >= 4 is 33.2 Å². The minimum absolute atomic E-state index is 0.0385. The fraction of sp³-hybridized carbons (Fsp3) is 0.750. The molecule has 0 aliphatic rings. The second-order valence-electron chi connectivity index (χ2n) is 2.97. The Hall–Kier alpha value is -0.333. The molecule has 0 radical (unpaired) electrons. The highest BCUT2D eigenvalue weighted by Gasteiger charge is 2.17. The lowest BCUT2D eigenvalue weighted by Crippen LogP contribution is -2.40. The Bertz CT molecular complexity index is 201. The van der Waals surface area contributed by atoms with Crippen LogP contribution in [0.4, 0.5) is 0 Å². The van der Waals surface area contributed by atoms with Crippen LogP contribution in [0.25, 0.3) is 0 Å². The van der Waals surface area contributed by atoms with Gasteiger partial charge in [0.15, 0.2) is 15.5 Å². The first-order valence-electron chi connectivity index (χ1n) is 4.51. The van der Waals surface area contributed by atoms with Gasteiger partial charge in [0.1, 0.15) is 0 Å². The molecule has 0 fully saturated rings. The highest BCUT2D eigenvalue weighted by atomic mass is 32.2. The average molecular weight is 235 g/mol. The molecule has 1 unspecified atom stereocenters. The molecule has 0 aromatic carbocycles. The van der Waals surface area contributed by atoms with E-state index >= 15 is 0 Å². The maximum Gasteiger partial charge on any atom is 0.217 e. The normalized spacial score (nSPS) is 13.1. The van der Waals surface area contributed by atoms with Crippen molar-refractivity contribution in [2.75, 3.05) is 12.0 Å². The Labute approximate surface area is 90.8 Å². The number of carbonyl (C=O) groups excluding carboxylic acids is 2. The molecule has 6 heteroatoms. The standard InChI is InChI=1S/C8H17NO3SSi/c1-6(10)9-7(3-4-13-2)8(11)5-14-12/h7,12H,3-5,14H2,1-2H3,(H,9,10). The highest BCUT2D eigenvalue weighted by Crippen LogP contribution is 2.03. The van der Waals surface area contributed by atoms with E-state index in [0.29, 0.717) is 6.42 Å². The molecule has 0 spiro atoms. The van der Waals surface area contributed by atoms with Gasteiger partial charge in [0, 0.05) is 13.0 Å². The fourth-order valence-electron chi connectivity index (χ4n) is 1.08. The Morgan fingerprint density at radius 1 is 1.57 bits per heavy atom. The molecule has 0 heterocycles. The second kappa shape index (κ2) is 8.02. The molecule has 0 rings (SSSR count). The fourth-order valence-corrected chi connectivity index (χ4v) is 2.12. The lowest BCUT2D eigenvalue weighted by Gasteiger charge is -2.15. The topological polar surface area (TPSA) is 66.4 Å². The number of nitrogens with one attached hydrogen (secondary N) is 1. The first-order valence-corrected chi connectivity index (χ1v) is 7.54. The van der Waals surface area contributed by atoms with Crippen LogP contribution in [0.15, 0.2) is 0 Å². The zero-order chi connectivity index (χ0) is 11.0. The first-order chi connectivity index (χ1) is 6.61. The van der Waals surface area contributed by atoms with Crippen LogP contribution in [0.5, 0.6) is 0 Å². The molecule has 0 aliphatic carbocycles. The Morgan fingerprint density at radius 2 is 2.21 bits per heavy atom. The van der Waals surface area contributed by atoms with Crippen molar-refractivity contribution in [3.8, 4) is 0 Å². The van der Waals surface area contributed by atoms with Gasteiger partial charge in [0.2, 0.25) is 5.91 Å². The summed E-state index contributed by atoms with van der Waals surface area (Å²) in [7, 11) is -1.24. The predicted molar refractivity (Wildman–Crippen MR) is 61.2 cm³/mol. The third-order valence-corrected chi connectivity index (χ3v) is 3.10. The van der Waals surface area contributed by atoms with E-state index in [-0.39, 0.29) is 17.7 Å². The summed E-state index contributed by atoms with van der Waals surface area (Å²) in [5.74, 6) is 0.608. The first kappa shape index (κ1) is 13.7. The van der Waals surface area contributed by atoms with Crippen LogP contribution in [-0.2, 0) is 9.59 Å². The van der Waals surface area contributed by atoms with Crippen molar-refractivity contribution in [2.45, 2.75) is 25.4 Å². The van der Waals surface area contributed by atoms with Gasteiger partial charge in [-0.1, -0.05) is 0 Å². The van der Waals surface area contributed by atoms with Gasteiger partial charge in [0.25, 0.3) is 0 Å². The molecule has 0 saturated heterocycles. The number of ketones is 1. The van der Waals surface area contributed by atoms with Gasteiger partial charge in [-0.25, -0.2) is 0 Å². The number of amides is 1. The zero-order valence-corrected chi connectivity index (χ0v) is 10.8. The van der Waals surface area contributed by atoms with Crippen LogP contribution < -0.4 is 5.32 Å². The van der Waals surface area contributed by atoms with E-state index in [1.807, 2.05) is 6.26 Å². The number of rotatable bonds is 7. The maximum atomic E-state index is 11.4. The van der Waals surface area contributed by atoms with Gasteiger partial charge in [-0.15, -0.1) is 0 Å². The number of Topliss-reactive ketones (excluding diaryl/α,β-unsaturated/α-hetero) is 1. The molecular formula is C8H17NO3SSi. The third kappa shape index (κ3) is 6.17. The van der Waals surface area contributed by atoms with Gasteiger partial charge >= 0.3 is 0 Å². The summed E-state index contributed by atoms with van der Waals surface area (Å²) >= 11 is 1.64. The summed E-state index contributed by atoms with van der Waals surface area (Å²) in [5.41, 5.74) is 0. The van der Waals surface area contributed by atoms with Gasteiger partial charge in [0.05, 0.1) is 6.04 Å². The largest absolute Gasteiger partial charge is 0.438 e. The van der Waals surface area contributed by atoms with E-state index in [1.165, 1.54) is 6.92 Å². The molecule has 0 bridgehead atoms. The number of hydrogen-bond donors (Lipinski definition) is 2. The van der Waals surface area contributed by atoms with E-state index in [9.17, 15) is 9.59 Å². The third-order valence-electron chi connectivity index (χ3n) is 1.74. The van der Waals surface area contributed by atoms with E-state index in [4.69, 9.17) is 4.80 Å². The molecule has 4 nitrogen and oxygen atoms in total. The van der Waals surface area contributed by atoms with Crippen molar-refractivity contribution < 1.29 is 14.4 Å². The SMILES string of the molecule is CSCCC(NC(C)=O)C(=O)C[SiH2]O. The molecule has 14 heavy (non-hydrogen) atoms. The summed E-state index contributed by atoms with van der Waals surface area (Å²) < 4.78 is 0. The zero-order valence-electron chi connectivity index (χ0n) is 8.58. The molecule has 0 aromatic heterocycles. The quantitative estimate of drug-likeness (QED) is 0.573. The summed E-state index contributed by atoms with van der Waals surface area (Å²) in [6.07, 6.45) is 2.60. The molecule has 2 N–H and O–H groups in total. The Balaban J connectivity index is 4.08. The van der Waals surface area contributed by atoms with Gasteiger partial charge in [-0.2, -0.15) is 11.8 Å². The predicted octanol–water partition coefficient (Wildman–Crippen LogP) is -0.692. The van der Waals surface area contributed by atoms with E-state index in [2.05, 4.69) is 5.32 Å². The smallest absolute Gasteiger partial charge is 0.217 e. The van der Waals surface area contributed by atoms with E-state index < -0.39 is 15.8 Å². The van der Waals surface area contributed by atoms with E-state index in [0.717, 1.165) is 5.75 Å². The molecule has 0 aromatic rings. The van der Waals surface area contributed by atoms with Crippen LogP contribution in [0, 0.1) is 0 Å². The van der Waals surface area contributed by atoms with Crippen LogP contribution in [0.2, 0.25) is 6.04 Å². The molecule has 0 saturated carbocycles. The van der Waals surface area contributed by atoms with Crippen LogP contribution in [0.1, 0.15) is 13.3 Å². The molecule has 1 amide bonds. The second-order valence-corrected chi connectivity index (χ2v) is 4.91. The van der Waals surface area contributed by atoms with Crippen molar-refractivity contribution in [2.24, 2.45) is 0 Å². The van der Waals surface area contributed by atoms with Crippen LogP contribution in [0.3, 0.4) is 0 Å². The minimum Gasteiger partial charge on any atom is -0.438 e. The van der Waals surface area contributed by atoms with E-state index in [1.54, 1.807) is 11.8 Å². The molecule has 82 valence electrons. The number of thioether (sulfide) groups is 1. The summed E-state index contributed by atoms with van der Waals surface area (Å²) in [5, 5.41) is 2.61. The summed E-state index contributed by atoms with van der Waals surface area (Å²) in [6, 6.07) is -0.154. The van der Waals surface area contributed by atoms with Gasteiger partial charge in [-0.05, 0) is 18.4 Å². The number of hydrogen-bond acceptors (Lipinski definition) is 4. The summed E-state index contributed by atoms with van der Waals surface area (Å²) in [4.78, 5) is 31.0. The van der Waals surface area contributed by atoms with Crippen molar-refractivity contribution in [1.29, 1.82) is 0 Å². The Morgan fingerprint density at radius 3 is 2.64 bits per heavy atom. The van der Waals surface area contributed by atoms with Crippen molar-refractivity contribution in [3.05, 3.63) is 0 Å².